The summed E-state index contributed by atoms with van der Waals surface area (Å²) in [5.41, 5.74) is 1.89. The molecule has 9 nitrogen and oxygen atoms in total. The molecule has 3 N–H and O–H groups in total. The van der Waals surface area contributed by atoms with E-state index >= 15 is 0 Å². The quantitative estimate of drug-likeness (QED) is 0.710. The number of nitrogens with zero attached hydrogens (tertiary/aromatic N) is 5. The van der Waals surface area contributed by atoms with E-state index in [0.29, 0.717) is 11.9 Å². The van der Waals surface area contributed by atoms with Gasteiger partial charge in [-0.3, -0.25) is 14.9 Å². The molecule has 4 aliphatic rings. The minimum Gasteiger partial charge on any atom is -0.350 e. The smallest absolute Gasteiger partial charge is 0.245 e. The molecule has 1 amide bonds. The summed E-state index contributed by atoms with van der Waals surface area (Å²) in [5.74, 6) is 2.77. The van der Waals surface area contributed by atoms with Gasteiger partial charge in [0.2, 0.25) is 11.9 Å². The van der Waals surface area contributed by atoms with Crippen LogP contribution in [0.25, 0.3) is 0 Å². The van der Waals surface area contributed by atoms with Gasteiger partial charge in [0.25, 0.3) is 0 Å². The Morgan fingerprint density at radius 3 is 2.83 bits per heavy atom. The highest BCUT2D eigenvalue weighted by Gasteiger charge is 2.37. The number of carbonyl (C=O) groups excluding carboxylic acids is 1. The first kappa shape index (κ1) is 19.1. The minimum atomic E-state index is -0.264. The number of nitrogens with one attached hydrogen (secondary N) is 3. The zero-order valence-corrected chi connectivity index (χ0v) is 17.9. The number of amidine groups is 1. The molecule has 1 saturated heterocycles. The molecule has 160 valence electrons. The summed E-state index contributed by atoms with van der Waals surface area (Å²) in [4.78, 5) is 19.8. The largest absolute Gasteiger partial charge is 0.350 e. The van der Waals surface area contributed by atoms with Gasteiger partial charge < -0.3 is 15.5 Å². The van der Waals surface area contributed by atoms with Crippen molar-refractivity contribution in [3.63, 3.8) is 0 Å². The maximum atomic E-state index is 12.9. The summed E-state index contributed by atoms with van der Waals surface area (Å²) in [6.45, 7) is 7.61. The van der Waals surface area contributed by atoms with Gasteiger partial charge >= 0.3 is 0 Å². The first-order valence-corrected chi connectivity index (χ1v) is 10.9. The second kappa shape index (κ2) is 7.14. The van der Waals surface area contributed by atoms with E-state index in [-0.39, 0.29) is 17.5 Å². The van der Waals surface area contributed by atoms with Gasteiger partial charge in [0.15, 0.2) is 11.7 Å². The fourth-order valence-electron chi connectivity index (χ4n) is 4.23. The summed E-state index contributed by atoms with van der Waals surface area (Å²) in [7, 11) is 0. The number of fused-ring (bicyclic) bond motifs is 1. The second-order valence-electron chi connectivity index (χ2n) is 9.56. The molecule has 2 fully saturated rings. The van der Waals surface area contributed by atoms with E-state index in [2.05, 4.69) is 33.0 Å². The van der Waals surface area contributed by atoms with Crippen molar-refractivity contribution in [3.05, 3.63) is 23.5 Å². The number of hydrogen-bond donors (Lipinski definition) is 3. The molecule has 0 unspecified atom stereocenters. The summed E-state index contributed by atoms with van der Waals surface area (Å²) < 4.78 is 0. The number of carbonyl (C=O) groups is 1. The lowest BCUT2D eigenvalue weighted by Crippen LogP contribution is -2.52. The molecule has 0 spiro atoms. The van der Waals surface area contributed by atoms with E-state index in [0.717, 1.165) is 49.7 Å². The Morgan fingerprint density at radius 1 is 1.23 bits per heavy atom. The molecule has 5 rings (SSSR count). The summed E-state index contributed by atoms with van der Waals surface area (Å²) in [6.07, 6.45) is 7.29. The molecular weight excluding hydrogens is 380 g/mol. The molecule has 0 radical (unpaired) electrons. The first-order valence-electron chi connectivity index (χ1n) is 10.9. The number of amides is 1. The van der Waals surface area contributed by atoms with Crippen molar-refractivity contribution in [3.8, 4) is 0 Å². The monoisotopic (exact) mass is 410 g/mol. The number of guanidine groups is 1. The van der Waals surface area contributed by atoms with Gasteiger partial charge in [-0.15, -0.1) is 5.10 Å². The van der Waals surface area contributed by atoms with Crippen LogP contribution in [0.4, 0.5) is 5.82 Å². The second-order valence-corrected chi connectivity index (χ2v) is 9.56. The Hall–Kier alpha value is -2.84. The molecule has 1 aromatic heterocycles. The van der Waals surface area contributed by atoms with Gasteiger partial charge in [-0.2, -0.15) is 10.1 Å². The molecule has 3 aliphatic heterocycles. The molecular formula is C21H30N8O. The van der Waals surface area contributed by atoms with Gasteiger partial charge in [-0.25, -0.2) is 0 Å². The molecule has 0 aromatic carbocycles. The molecule has 1 atom stereocenters. The molecule has 1 aliphatic carbocycles. The van der Waals surface area contributed by atoms with Crippen LogP contribution in [0.3, 0.4) is 0 Å². The van der Waals surface area contributed by atoms with Crippen molar-refractivity contribution in [1.29, 1.82) is 0 Å². The maximum Gasteiger partial charge on any atom is 0.245 e. The Labute approximate surface area is 176 Å². The molecule has 9 heteroatoms. The van der Waals surface area contributed by atoms with Crippen molar-refractivity contribution in [2.24, 2.45) is 10.1 Å². The Balaban J connectivity index is 1.38. The maximum absolute atomic E-state index is 12.9. The van der Waals surface area contributed by atoms with E-state index < -0.39 is 0 Å². The molecule has 30 heavy (non-hydrogen) atoms. The van der Waals surface area contributed by atoms with Crippen LogP contribution in [-0.2, 0) is 4.79 Å². The number of anilines is 1. The summed E-state index contributed by atoms with van der Waals surface area (Å²) >= 11 is 0. The lowest BCUT2D eigenvalue weighted by atomic mass is 10.1. The average Bonchev–Trinajstić information content (AvgIpc) is 3.10. The predicted octanol–water partition coefficient (Wildman–Crippen LogP) is 2.35. The molecule has 0 bridgehead atoms. The number of rotatable bonds is 3. The van der Waals surface area contributed by atoms with Crippen molar-refractivity contribution in [1.82, 2.24) is 25.4 Å². The highest BCUT2D eigenvalue weighted by molar-refractivity contribution is 6.14. The topological polar surface area (TPSA) is 101 Å². The van der Waals surface area contributed by atoms with Crippen LogP contribution >= 0.6 is 0 Å². The minimum absolute atomic E-state index is 0.0385. The van der Waals surface area contributed by atoms with Crippen molar-refractivity contribution in [2.45, 2.75) is 70.4 Å². The number of hydrogen-bond acceptors (Lipinski definition) is 7. The molecule has 4 heterocycles. The standard InChI is InChI=1S/C21H30N8O/c1-21(2,3)24-19(30)16-7-4-10-28(16)20-23-18(15-6-5-11-29(15)27-20)22-17-12-14(25-26-17)13-8-9-13/h6,12-13,16H,4-5,7-11H2,1-3H3,(H,24,30)(H2,22,23,25,26,27)/t16-/m0/s1. The van der Waals surface area contributed by atoms with Crippen molar-refractivity contribution < 1.29 is 4.79 Å². The number of likely N-dealkylation sites (tertiary alicyclic amines) is 1. The highest BCUT2D eigenvalue weighted by atomic mass is 16.2. The SMILES string of the molecule is CC(C)(C)NC(=O)[C@@H]1CCCN1C1=NN2CCC=C2C(Nc2cc(C3CC3)[nH]n2)=N1. The number of H-pyrrole nitrogens is 1. The molecule has 1 saturated carbocycles. The first-order chi connectivity index (χ1) is 14.4. The van der Waals surface area contributed by atoms with Gasteiger partial charge in [0, 0.05) is 36.3 Å². The normalized spacial score (nSPS) is 23.7. The van der Waals surface area contributed by atoms with Gasteiger partial charge in [0.1, 0.15) is 6.04 Å². The third-order valence-corrected chi connectivity index (χ3v) is 5.79. The lowest BCUT2D eigenvalue weighted by molar-refractivity contribution is -0.125. The zero-order chi connectivity index (χ0) is 20.9. The Bertz CT molecular complexity index is 933. The number of aromatic amines is 1. The van der Waals surface area contributed by atoms with Crippen LogP contribution < -0.4 is 10.6 Å². The van der Waals surface area contributed by atoms with Crippen LogP contribution in [0.2, 0.25) is 0 Å². The fourth-order valence-corrected chi connectivity index (χ4v) is 4.23. The van der Waals surface area contributed by atoms with Crippen molar-refractivity contribution in [2.75, 3.05) is 18.4 Å². The van der Waals surface area contributed by atoms with Crippen LogP contribution in [-0.4, -0.2) is 62.5 Å². The Morgan fingerprint density at radius 2 is 2.07 bits per heavy atom. The van der Waals surface area contributed by atoms with Crippen LogP contribution in [0, 0.1) is 0 Å². The Kier molecular flexibility index (Phi) is 4.56. The average molecular weight is 411 g/mol. The molecule has 1 aromatic rings. The summed E-state index contributed by atoms with van der Waals surface area (Å²) in [5, 5.41) is 20.8. The van der Waals surface area contributed by atoms with Gasteiger partial charge in [-0.1, -0.05) is 6.08 Å². The van der Waals surface area contributed by atoms with Crippen molar-refractivity contribution >= 4 is 23.5 Å². The lowest BCUT2D eigenvalue weighted by Gasteiger charge is -2.32. The van der Waals surface area contributed by atoms with E-state index in [4.69, 9.17) is 10.1 Å². The number of aliphatic imine (C=N–C) groups is 1. The van der Waals surface area contributed by atoms with E-state index in [1.165, 1.54) is 18.5 Å². The van der Waals surface area contributed by atoms with Gasteiger partial charge in [-0.05, 0) is 52.9 Å². The number of hydrazone groups is 1. The van der Waals surface area contributed by atoms with Gasteiger partial charge in [0.05, 0.1) is 5.70 Å². The summed E-state index contributed by atoms with van der Waals surface area (Å²) in [6, 6.07) is 1.83. The number of aromatic nitrogens is 2. The van der Waals surface area contributed by atoms with Crippen LogP contribution in [0.5, 0.6) is 0 Å². The van der Waals surface area contributed by atoms with Crippen LogP contribution in [0.15, 0.2) is 27.9 Å². The predicted molar refractivity (Wildman–Crippen MR) is 116 cm³/mol. The highest BCUT2D eigenvalue weighted by Crippen LogP contribution is 2.39. The van der Waals surface area contributed by atoms with E-state index in [1.54, 1.807) is 0 Å². The van der Waals surface area contributed by atoms with E-state index in [1.807, 2.05) is 30.7 Å². The third kappa shape index (κ3) is 3.80. The van der Waals surface area contributed by atoms with E-state index in [9.17, 15) is 4.79 Å². The zero-order valence-electron chi connectivity index (χ0n) is 17.9. The fraction of sp³-hybridized carbons (Fsp3) is 0.619. The third-order valence-electron chi connectivity index (χ3n) is 5.79. The van der Waals surface area contributed by atoms with Crippen LogP contribution in [0.1, 0.15) is 64.5 Å².